The molecule has 0 radical (unpaired) electrons. The number of alkyl carbamates (subject to hydrolysis) is 1. The minimum absolute atomic E-state index is 0.0146. The Morgan fingerprint density at radius 2 is 1.56 bits per heavy atom. The predicted molar refractivity (Wildman–Crippen MR) is 155 cm³/mol. The van der Waals surface area contributed by atoms with Crippen LogP contribution in [0.15, 0.2) is 78.3 Å². The molecule has 39 heavy (non-hydrogen) atoms. The van der Waals surface area contributed by atoms with Crippen molar-refractivity contribution in [3.63, 3.8) is 0 Å². The molecule has 1 fully saturated rings. The molecule has 7 nitrogen and oxygen atoms in total. The summed E-state index contributed by atoms with van der Waals surface area (Å²) in [5, 5.41) is 10.7. The first-order valence-corrected chi connectivity index (χ1v) is 13.2. The molecule has 0 atom stereocenters. The Kier molecular flexibility index (Phi) is 7.10. The number of carbonyl (C=O) groups is 1. The van der Waals surface area contributed by atoms with Gasteiger partial charge in [-0.3, -0.25) is 5.41 Å². The monoisotopic (exact) mass is 523 g/mol. The van der Waals surface area contributed by atoms with Crippen molar-refractivity contribution in [2.75, 3.05) is 13.2 Å². The van der Waals surface area contributed by atoms with E-state index in [4.69, 9.17) is 25.2 Å². The highest BCUT2D eigenvalue weighted by Gasteiger charge is 2.52. The van der Waals surface area contributed by atoms with E-state index in [9.17, 15) is 4.79 Å². The van der Waals surface area contributed by atoms with Crippen LogP contribution in [0.1, 0.15) is 55.9 Å². The third-order valence-electron chi connectivity index (χ3n) is 7.89. The van der Waals surface area contributed by atoms with Gasteiger partial charge in [-0.2, -0.15) is 0 Å². The minimum Gasteiger partial charge on any atom is -0.449 e. The smallest absolute Gasteiger partial charge is 0.449 e. The fourth-order valence-corrected chi connectivity index (χ4v) is 5.03. The van der Waals surface area contributed by atoms with E-state index in [1.165, 1.54) is 11.1 Å². The maximum absolute atomic E-state index is 12.9. The van der Waals surface area contributed by atoms with Gasteiger partial charge in [-0.15, -0.1) is 0 Å². The lowest BCUT2D eigenvalue weighted by Gasteiger charge is -2.32. The first kappa shape index (κ1) is 26.7. The number of benzene rings is 3. The number of amidine groups is 1. The van der Waals surface area contributed by atoms with Gasteiger partial charge in [0.05, 0.1) is 11.2 Å². The quantitative estimate of drug-likeness (QED) is 0.215. The summed E-state index contributed by atoms with van der Waals surface area (Å²) >= 11 is 0. The zero-order valence-corrected chi connectivity index (χ0v) is 22.8. The summed E-state index contributed by atoms with van der Waals surface area (Å²) in [4.78, 5) is 12.9. The summed E-state index contributed by atoms with van der Waals surface area (Å²) < 4.78 is 18.3. The third-order valence-corrected chi connectivity index (χ3v) is 7.89. The highest BCUT2D eigenvalue weighted by molar-refractivity contribution is 6.56. The fraction of sp³-hybridized carbons (Fsp3) is 0.290. The molecule has 0 saturated carbocycles. The van der Waals surface area contributed by atoms with Crippen LogP contribution in [0.3, 0.4) is 0 Å². The van der Waals surface area contributed by atoms with Crippen molar-refractivity contribution in [2.45, 2.75) is 44.8 Å². The molecule has 3 aromatic carbocycles. The second-order valence-corrected chi connectivity index (χ2v) is 11.0. The molecule has 0 bridgehead atoms. The molecule has 1 heterocycles. The largest absolute Gasteiger partial charge is 0.492 e. The number of hydrogen-bond donors (Lipinski definition) is 3. The molecule has 2 aliphatic rings. The average Bonchev–Trinajstić information content (AvgIpc) is 3.34. The average molecular weight is 523 g/mol. The van der Waals surface area contributed by atoms with Crippen LogP contribution in [0.2, 0.25) is 0 Å². The summed E-state index contributed by atoms with van der Waals surface area (Å²) in [6.45, 7) is 8.34. The zero-order chi connectivity index (χ0) is 27.8. The molecule has 0 aromatic heterocycles. The molecule has 1 aliphatic carbocycles. The zero-order valence-electron chi connectivity index (χ0n) is 22.8. The number of hydrogen-bond acceptors (Lipinski definition) is 5. The maximum Gasteiger partial charge on any atom is 0.492 e. The van der Waals surface area contributed by atoms with E-state index in [1.54, 1.807) is 6.07 Å². The van der Waals surface area contributed by atoms with Gasteiger partial charge in [-0.1, -0.05) is 72.8 Å². The maximum atomic E-state index is 12.9. The van der Waals surface area contributed by atoms with Gasteiger partial charge in [0.1, 0.15) is 12.4 Å². The Labute approximate surface area is 230 Å². The van der Waals surface area contributed by atoms with Gasteiger partial charge in [0.15, 0.2) is 0 Å². The van der Waals surface area contributed by atoms with E-state index in [-0.39, 0.29) is 24.9 Å². The van der Waals surface area contributed by atoms with Crippen LogP contribution in [0.25, 0.3) is 17.2 Å². The number of rotatable bonds is 7. The number of nitrogen functional groups attached to an aromatic ring is 1. The van der Waals surface area contributed by atoms with E-state index < -0.39 is 24.4 Å². The number of fused-ring (bicyclic) bond motifs is 3. The van der Waals surface area contributed by atoms with Gasteiger partial charge in [-0.25, -0.2) is 4.79 Å². The number of carbonyl (C=O) groups excluding carboxylic acids is 1. The van der Waals surface area contributed by atoms with Gasteiger partial charge >= 0.3 is 13.2 Å². The van der Waals surface area contributed by atoms with Crippen molar-refractivity contribution in [3.05, 3.63) is 101 Å². The molecule has 1 amide bonds. The highest BCUT2D eigenvalue weighted by Crippen LogP contribution is 2.44. The topological polar surface area (TPSA) is 107 Å². The first-order valence-electron chi connectivity index (χ1n) is 13.2. The summed E-state index contributed by atoms with van der Waals surface area (Å²) in [5.74, 6) is -0.0326. The van der Waals surface area contributed by atoms with Gasteiger partial charge in [0.25, 0.3) is 0 Å². The van der Waals surface area contributed by atoms with Crippen molar-refractivity contribution >= 4 is 25.1 Å². The van der Waals surface area contributed by atoms with Crippen molar-refractivity contribution < 1.29 is 18.8 Å². The van der Waals surface area contributed by atoms with Crippen LogP contribution < -0.4 is 11.1 Å². The predicted octanol–water partition coefficient (Wildman–Crippen LogP) is 5.52. The third kappa shape index (κ3) is 5.35. The Morgan fingerprint density at radius 1 is 0.974 bits per heavy atom. The Balaban J connectivity index is 1.31. The van der Waals surface area contributed by atoms with E-state index in [2.05, 4.69) is 29.6 Å². The lowest BCUT2D eigenvalue weighted by Crippen LogP contribution is -2.41. The minimum atomic E-state index is -0.662. The number of nitrogens with one attached hydrogen (secondary N) is 2. The van der Waals surface area contributed by atoms with E-state index in [1.807, 2.05) is 76.2 Å². The highest BCUT2D eigenvalue weighted by atomic mass is 16.7. The van der Waals surface area contributed by atoms with Gasteiger partial charge < -0.3 is 25.1 Å². The molecule has 5 rings (SSSR count). The standard InChI is InChI=1S/C31H34BN3O4/c1-30(2)31(3,4)39-32(38-30)22(17-20-10-9-11-21(16-20)28(33)34)18-35-29(36)37-19-27-25-14-7-5-12-23(25)24-13-6-8-15-26(24)27/h5-17,27H,18-19H2,1-4H3,(H3,33,34)(H,35,36). The number of amides is 1. The Hall–Kier alpha value is -3.88. The lowest BCUT2D eigenvalue weighted by molar-refractivity contribution is 0.00578. The molecule has 8 heteroatoms. The van der Waals surface area contributed by atoms with Crippen LogP contribution in [-0.2, 0) is 14.0 Å². The molecular formula is C31H34BN3O4. The molecule has 200 valence electrons. The normalized spacial score (nSPS) is 17.4. The van der Waals surface area contributed by atoms with Crippen molar-refractivity contribution in [3.8, 4) is 11.1 Å². The second kappa shape index (κ2) is 10.4. The molecule has 0 unspecified atom stereocenters. The van der Waals surface area contributed by atoms with Crippen LogP contribution in [-0.4, -0.2) is 43.4 Å². The van der Waals surface area contributed by atoms with Crippen LogP contribution in [0.5, 0.6) is 0 Å². The van der Waals surface area contributed by atoms with Crippen molar-refractivity contribution in [1.82, 2.24) is 5.32 Å². The van der Waals surface area contributed by atoms with E-state index in [0.29, 0.717) is 5.56 Å². The van der Waals surface area contributed by atoms with Crippen LogP contribution in [0.4, 0.5) is 4.79 Å². The lowest BCUT2D eigenvalue weighted by atomic mass is 9.77. The first-order chi connectivity index (χ1) is 18.6. The Morgan fingerprint density at radius 3 is 2.15 bits per heavy atom. The van der Waals surface area contributed by atoms with Crippen LogP contribution in [0, 0.1) is 5.41 Å². The summed E-state index contributed by atoms with van der Waals surface area (Å²) in [6.07, 6.45) is 1.38. The molecular weight excluding hydrogens is 489 g/mol. The summed E-state index contributed by atoms with van der Waals surface area (Å²) in [5.41, 5.74) is 11.5. The number of ether oxygens (including phenoxy) is 1. The molecule has 1 aliphatic heterocycles. The number of nitrogens with two attached hydrogens (primary N) is 1. The van der Waals surface area contributed by atoms with E-state index >= 15 is 0 Å². The molecule has 4 N–H and O–H groups in total. The molecule has 3 aromatic rings. The summed E-state index contributed by atoms with van der Waals surface area (Å²) in [7, 11) is -0.662. The molecule has 1 saturated heterocycles. The summed E-state index contributed by atoms with van der Waals surface area (Å²) in [6, 6.07) is 23.8. The Bertz CT molecular complexity index is 1390. The van der Waals surface area contributed by atoms with E-state index in [0.717, 1.165) is 22.2 Å². The second-order valence-electron chi connectivity index (χ2n) is 11.0. The van der Waals surface area contributed by atoms with Crippen LogP contribution >= 0.6 is 0 Å². The van der Waals surface area contributed by atoms with Crippen molar-refractivity contribution in [2.24, 2.45) is 5.73 Å². The fourth-order valence-electron chi connectivity index (χ4n) is 5.03. The van der Waals surface area contributed by atoms with Gasteiger partial charge in [-0.05, 0) is 67.1 Å². The van der Waals surface area contributed by atoms with Gasteiger partial charge in [0.2, 0.25) is 0 Å². The molecule has 0 spiro atoms. The van der Waals surface area contributed by atoms with Crippen molar-refractivity contribution in [1.29, 1.82) is 5.41 Å². The van der Waals surface area contributed by atoms with Gasteiger partial charge in [0, 0.05) is 18.0 Å². The SMILES string of the molecule is CC1(C)OB(C(=Cc2cccc(C(=N)N)c2)CNC(=O)OCC2c3ccccc3-c3ccccc32)OC1(C)C.